The predicted molar refractivity (Wildman–Crippen MR) is 87.9 cm³/mol. The Bertz CT molecular complexity index is 797. The average molecular weight is 344 g/mol. The summed E-state index contributed by atoms with van der Waals surface area (Å²) in [5, 5.41) is 0. The first-order chi connectivity index (χ1) is 12.1. The fourth-order valence-corrected chi connectivity index (χ4v) is 2.31. The molecule has 0 aromatic heterocycles. The summed E-state index contributed by atoms with van der Waals surface area (Å²) in [5.74, 6) is -1.59. The summed E-state index contributed by atoms with van der Waals surface area (Å²) in [6.45, 7) is 0.132. The first-order valence-electron chi connectivity index (χ1n) is 7.16. The molecular formula is C18H16O7. The van der Waals surface area contributed by atoms with Crippen molar-refractivity contribution in [3.05, 3.63) is 47.5 Å². The number of benzene rings is 2. The number of ether oxygens (including phenoxy) is 4. The molecule has 0 aliphatic carbocycles. The zero-order valence-corrected chi connectivity index (χ0v) is 13.9. The van der Waals surface area contributed by atoms with Gasteiger partial charge in [0.15, 0.2) is 11.5 Å². The number of carbonyl (C=O) groups is 3. The van der Waals surface area contributed by atoms with Crippen LogP contribution >= 0.6 is 0 Å². The minimum absolute atomic E-state index is 0.0295. The molecular weight excluding hydrogens is 328 g/mol. The second kappa shape index (κ2) is 7.96. The van der Waals surface area contributed by atoms with E-state index in [1.54, 1.807) is 18.2 Å². The Hall–Kier alpha value is -3.35. The van der Waals surface area contributed by atoms with E-state index in [9.17, 15) is 14.4 Å². The Morgan fingerprint density at radius 1 is 0.840 bits per heavy atom. The largest absolute Gasteiger partial charge is 0.493 e. The van der Waals surface area contributed by atoms with E-state index < -0.39 is 11.6 Å². The minimum Gasteiger partial charge on any atom is -0.493 e. The van der Waals surface area contributed by atoms with Crippen LogP contribution in [-0.2, 0) is 4.79 Å². The van der Waals surface area contributed by atoms with Gasteiger partial charge in [-0.1, -0.05) is 30.3 Å². The number of ketones is 2. The first-order valence-corrected chi connectivity index (χ1v) is 7.16. The van der Waals surface area contributed by atoms with Crippen molar-refractivity contribution in [3.63, 3.8) is 0 Å². The maximum atomic E-state index is 12.7. The van der Waals surface area contributed by atoms with E-state index >= 15 is 0 Å². The molecule has 7 nitrogen and oxygen atoms in total. The number of rotatable bonds is 8. The fraction of sp³-hybridized carbons (Fsp3) is 0.167. The first kappa shape index (κ1) is 18.0. The van der Waals surface area contributed by atoms with Gasteiger partial charge >= 0.3 is 0 Å². The highest BCUT2D eigenvalue weighted by Gasteiger charge is 2.29. The van der Waals surface area contributed by atoms with Gasteiger partial charge in [0, 0.05) is 5.56 Å². The predicted octanol–water partition coefficient (Wildman–Crippen LogP) is 2.31. The molecule has 0 amide bonds. The molecule has 130 valence electrons. The fourth-order valence-electron chi connectivity index (χ4n) is 2.31. The van der Waals surface area contributed by atoms with Crippen LogP contribution in [-0.4, -0.2) is 39.4 Å². The van der Waals surface area contributed by atoms with Crippen molar-refractivity contribution in [1.82, 2.24) is 0 Å². The summed E-state index contributed by atoms with van der Waals surface area (Å²) in [4.78, 5) is 36.0. The number of Topliss-reactive ketones (excluding diaryl/α,β-unsaturated/α-hetero) is 2. The standard InChI is InChI=1S/C18H16O7/c1-22-13-9-12(15(21)14(20)11-7-5-4-6-8-11)16(25-10-19)18(24-3)17(13)23-2/h4-10H,1-3H3. The van der Waals surface area contributed by atoms with E-state index in [0.29, 0.717) is 0 Å². The molecule has 7 heteroatoms. The topological polar surface area (TPSA) is 88.1 Å². The molecule has 2 aromatic carbocycles. The summed E-state index contributed by atoms with van der Waals surface area (Å²) in [6.07, 6.45) is 0. The van der Waals surface area contributed by atoms with Crippen molar-refractivity contribution < 1.29 is 33.3 Å². The van der Waals surface area contributed by atoms with Crippen molar-refractivity contribution in [2.24, 2.45) is 0 Å². The van der Waals surface area contributed by atoms with Crippen molar-refractivity contribution in [2.45, 2.75) is 0 Å². The van der Waals surface area contributed by atoms with E-state index in [0.717, 1.165) is 0 Å². The molecule has 0 aliphatic heterocycles. The van der Waals surface area contributed by atoms with Crippen LogP contribution in [0, 0.1) is 0 Å². The molecule has 2 aromatic rings. The Morgan fingerprint density at radius 2 is 1.48 bits per heavy atom. The van der Waals surface area contributed by atoms with Gasteiger partial charge in [0.2, 0.25) is 23.1 Å². The average Bonchev–Trinajstić information content (AvgIpc) is 2.66. The van der Waals surface area contributed by atoms with E-state index in [1.165, 1.54) is 39.5 Å². The van der Waals surface area contributed by atoms with Crippen molar-refractivity contribution >= 4 is 18.0 Å². The zero-order chi connectivity index (χ0) is 18.4. The van der Waals surface area contributed by atoms with E-state index in [4.69, 9.17) is 18.9 Å². The third-order valence-corrected chi connectivity index (χ3v) is 3.44. The number of methoxy groups -OCH3 is 3. The quantitative estimate of drug-likeness (QED) is 0.412. The third-order valence-electron chi connectivity index (χ3n) is 3.44. The van der Waals surface area contributed by atoms with Gasteiger partial charge < -0.3 is 18.9 Å². The number of hydrogen-bond acceptors (Lipinski definition) is 7. The van der Waals surface area contributed by atoms with Crippen LogP contribution in [0.25, 0.3) is 0 Å². The highest BCUT2D eigenvalue weighted by Crippen LogP contribution is 2.46. The second-order valence-corrected chi connectivity index (χ2v) is 4.76. The lowest BCUT2D eigenvalue weighted by molar-refractivity contribution is -0.120. The Kier molecular flexibility index (Phi) is 5.73. The molecule has 0 atom stereocenters. The monoisotopic (exact) mass is 344 g/mol. The molecule has 2 rings (SSSR count). The van der Waals surface area contributed by atoms with Gasteiger partial charge in [0.05, 0.1) is 26.9 Å². The number of hydrogen-bond donors (Lipinski definition) is 0. The Labute approximate surface area is 144 Å². The lowest BCUT2D eigenvalue weighted by Crippen LogP contribution is -2.16. The van der Waals surface area contributed by atoms with E-state index in [-0.39, 0.29) is 40.6 Å². The normalized spacial score (nSPS) is 9.88. The van der Waals surface area contributed by atoms with Crippen LogP contribution in [0.15, 0.2) is 36.4 Å². The molecule has 0 unspecified atom stereocenters. The van der Waals surface area contributed by atoms with Crippen LogP contribution in [0.1, 0.15) is 20.7 Å². The third kappa shape index (κ3) is 3.45. The van der Waals surface area contributed by atoms with Crippen molar-refractivity contribution in [2.75, 3.05) is 21.3 Å². The van der Waals surface area contributed by atoms with Crippen LogP contribution in [0.2, 0.25) is 0 Å². The van der Waals surface area contributed by atoms with E-state index in [1.807, 2.05) is 0 Å². The van der Waals surface area contributed by atoms with Gasteiger partial charge in [-0.2, -0.15) is 0 Å². The molecule has 0 aliphatic rings. The van der Waals surface area contributed by atoms with Gasteiger partial charge in [-0.25, -0.2) is 0 Å². The summed E-state index contributed by atoms with van der Waals surface area (Å²) in [7, 11) is 4.04. The minimum atomic E-state index is -0.873. The van der Waals surface area contributed by atoms with Crippen LogP contribution in [0.3, 0.4) is 0 Å². The maximum Gasteiger partial charge on any atom is 0.298 e. The summed E-state index contributed by atoms with van der Waals surface area (Å²) < 4.78 is 20.4. The summed E-state index contributed by atoms with van der Waals surface area (Å²) >= 11 is 0. The number of carbonyl (C=O) groups excluding carboxylic acids is 3. The van der Waals surface area contributed by atoms with Gasteiger partial charge in [-0.05, 0) is 6.07 Å². The van der Waals surface area contributed by atoms with Gasteiger partial charge in [0.25, 0.3) is 6.47 Å². The molecule has 0 fully saturated rings. The highest BCUT2D eigenvalue weighted by molar-refractivity contribution is 6.49. The smallest absolute Gasteiger partial charge is 0.298 e. The van der Waals surface area contributed by atoms with Crippen LogP contribution in [0.5, 0.6) is 23.0 Å². The van der Waals surface area contributed by atoms with E-state index in [2.05, 4.69) is 0 Å². The Balaban J connectivity index is 2.64. The second-order valence-electron chi connectivity index (χ2n) is 4.76. The summed E-state index contributed by atoms with van der Waals surface area (Å²) in [6, 6.07) is 9.29. The summed E-state index contributed by atoms with van der Waals surface area (Å²) in [5.41, 5.74) is 0.0359. The highest BCUT2D eigenvalue weighted by atomic mass is 16.6. The molecule has 0 N–H and O–H groups in total. The molecule has 0 bridgehead atoms. The van der Waals surface area contributed by atoms with Gasteiger partial charge in [-0.15, -0.1) is 0 Å². The van der Waals surface area contributed by atoms with Crippen molar-refractivity contribution in [1.29, 1.82) is 0 Å². The zero-order valence-electron chi connectivity index (χ0n) is 13.9. The van der Waals surface area contributed by atoms with Gasteiger partial charge in [-0.3, -0.25) is 14.4 Å². The van der Waals surface area contributed by atoms with Crippen LogP contribution < -0.4 is 18.9 Å². The Morgan fingerprint density at radius 3 is 2.00 bits per heavy atom. The molecule has 0 heterocycles. The van der Waals surface area contributed by atoms with Crippen LogP contribution in [0.4, 0.5) is 0 Å². The van der Waals surface area contributed by atoms with Crippen molar-refractivity contribution in [3.8, 4) is 23.0 Å². The SMILES string of the molecule is COc1cc(C(=O)C(=O)c2ccccc2)c(OC=O)c(OC)c1OC. The maximum absolute atomic E-state index is 12.7. The lowest BCUT2D eigenvalue weighted by atomic mass is 9.99. The molecule has 25 heavy (non-hydrogen) atoms. The molecule has 0 spiro atoms. The lowest BCUT2D eigenvalue weighted by Gasteiger charge is -2.17. The molecule has 0 radical (unpaired) electrons. The molecule has 0 saturated carbocycles. The van der Waals surface area contributed by atoms with Gasteiger partial charge in [0.1, 0.15) is 0 Å². The molecule has 0 saturated heterocycles.